The molecule has 2 N–H and O–H groups in total. The van der Waals surface area contributed by atoms with E-state index in [1.165, 1.54) is 0 Å². The SMILES string of the molecule is O=C(NC1CCN(c2ncccc2Cl)C1)C1CCNC1. The van der Waals surface area contributed by atoms with Crippen LogP contribution in [0.2, 0.25) is 5.02 Å². The zero-order valence-electron chi connectivity index (χ0n) is 11.3. The van der Waals surface area contributed by atoms with Gasteiger partial charge in [-0.3, -0.25) is 4.79 Å². The lowest BCUT2D eigenvalue weighted by Crippen LogP contribution is -2.41. The Balaban J connectivity index is 1.57. The molecule has 3 heterocycles. The predicted molar refractivity (Wildman–Crippen MR) is 79.0 cm³/mol. The lowest BCUT2D eigenvalue weighted by molar-refractivity contribution is -0.125. The van der Waals surface area contributed by atoms with Crippen LogP contribution in [0.25, 0.3) is 0 Å². The summed E-state index contributed by atoms with van der Waals surface area (Å²) >= 11 is 6.16. The molecule has 2 unspecified atom stereocenters. The first-order valence-corrected chi connectivity index (χ1v) is 7.48. The first kappa shape index (κ1) is 13.6. The van der Waals surface area contributed by atoms with Crippen LogP contribution in [0.4, 0.5) is 5.82 Å². The molecule has 0 aromatic carbocycles. The number of rotatable bonds is 3. The van der Waals surface area contributed by atoms with Crippen LogP contribution in [-0.2, 0) is 4.79 Å². The molecule has 108 valence electrons. The quantitative estimate of drug-likeness (QED) is 0.875. The number of nitrogens with zero attached hydrogens (tertiary/aromatic N) is 2. The second-order valence-electron chi connectivity index (χ2n) is 5.44. The molecule has 0 radical (unpaired) electrons. The number of aromatic nitrogens is 1. The summed E-state index contributed by atoms with van der Waals surface area (Å²) in [5.41, 5.74) is 0. The average molecular weight is 295 g/mol. The van der Waals surface area contributed by atoms with Crippen LogP contribution in [0, 0.1) is 5.92 Å². The molecule has 2 aliphatic rings. The van der Waals surface area contributed by atoms with E-state index in [1.807, 2.05) is 12.1 Å². The number of pyridine rings is 1. The summed E-state index contributed by atoms with van der Waals surface area (Å²) in [5.74, 6) is 1.12. The molecule has 2 atom stereocenters. The largest absolute Gasteiger partial charge is 0.353 e. The molecule has 1 aromatic heterocycles. The van der Waals surface area contributed by atoms with Gasteiger partial charge in [-0.25, -0.2) is 4.98 Å². The van der Waals surface area contributed by atoms with E-state index in [0.29, 0.717) is 5.02 Å². The van der Waals surface area contributed by atoms with E-state index in [-0.39, 0.29) is 17.9 Å². The van der Waals surface area contributed by atoms with Gasteiger partial charge >= 0.3 is 0 Å². The monoisotopic (exact) mass is 294 g/mol. The molecule has 1 aromatic rings. The van der Waals surface area contributed by atoms with Gasteiger partial charge in [-0.15, -0.1) is 0 Å². The molecule has 0 saturated carbocycles. The summed E-state index contributed by atoms with van der Waals surface area (Å²) in [6.45, 7) is 3.40. The van der Waals surface area contributed by atoms with Crippen molar-refractivity contribution in [2.45, 2.75) is 18.9 Å². The fourth-order valence-electron chi connectivity index (χ4n) is 2.88. The Morgan fingerprint density at radius 2 is 2.40 bits per heavy atom. The van der Waals surface area contributed by atoms with Gasteiger partial charge in [-0.05, 0) is 31.5 Å². The van der Waals surface area contributed by atoms with Gasteiger partial charge in [0.15, 0.2) is 0 Å². The number of hydrogen-bond donors (Lipinski definition) is 2. The van der Waals surface area contributed by atoms with Crippen molar-refractivity contribution in [1.82, 2.24) is 15.6 Å². The third-order valence-corrected chi connectivity index (χ3v) is 4.30. The molecule has 5 nitrogen and oxygen atoms in total. The van der Waals surface area contributed by atoms with Crippen molar-refractivity contribution in [3.05, 3.63) is 23.4 Å². The summed E-state index contributed by atoms with van der Waals surface area (Å²) < 4.78 is 0. The Kier molecular flexibility index (Phi) is 4.08. The maximum Gasteiger partial charge on any atom is 0.224 e. The van der Waals surface area contributed by atoms with Crippen molar-refractivity contribution in [2.24, 2.45) is 5.92 Å². The van der Waals surface area contributed by atoms with E-state index in [9.17, 15) is 4.79 Å². The van der Waals surface area contributed by atoms with E-state index in [4.69, 9.17) is 11.6 Å². The zero-order valence-corrected chi connectivity index (χ0v) is 12.1. The van der Waals surface area contributed by atoms with Gasteiger partial charge in [-0.1, -0.05) is 11.6 Å². The Hall–Kier alpha value is -1.33. The van der Waals surface area contributed by atoms with Gasteiger partial charge < -0.3 is 15.5 Å². The number of carbonyl (C=O) groups excluding carboxylic acids is 1. The van der Waals surface area contributed by atoms with Crippen LogP contribution < -0.4 is 15.5 Å². The summed E-state index contributed by atoms with van der Waals surface area (Å²) in [4.78, 5) is 18.6. The van der Waals surface area contributed by atoms with Crippen molar-refractivity contribution >= 4 is 23.3 Å². The fraction of sp³-hybridized carbons (Fsp3) is 0.571. The van der Waals surface area contributed by atoms with Crippen LogP contribution in [0.5, 0.6) is 0 Å². The van der Waals surface area contributed by atoms with E-state index < -0.39 is 0 Å². The molecule has 2 saturated heterocycles. The van der Waals surface area contributed by atoms with Gasteiger partial charge in [0.2, 0.25) is 5.91 Å². The van der Waals surface area contributed by atoms with E-state index in [2.05, 4.69) is 20.5 Å². The minimum Gasteiger partial charge on any atom is -0.353 e. The molecule has 0 aliphatic carbocycles. The highest BCUT2D eigenvalue weighted by Gasteiger charge is 2.29. The van der Waals surface area contributed by atoms with Crippen molar-refractivity contribution in [2.75, 3.05) is 31.1 Å². The Labute approximate surface area is 123 Å². The average Bonchev–Trinajstić information content (AvgIpc) is 3.10. The summed E-state index contributed by atoms with van der Waals surface area (Å²) in [7, 11) is 0. The number of anilines is 1. The number of hydrogen-bond acceptors (Lipinski definition) is 4. The summed E-state index contributed by atoms with van der Waals surface area (Å²) in [5, 5.41) is 7.04. The topological polar surface area (TPSA) is 57.3 Å². The predicted octanol–water partition coefficient (Wildman–Crippen LogP) is 1.04. The molecular weight excluding hydrogens is 276 g/mol. The number of amides is 1. The molecule has 0 bridgehead atoms. The van der Waals surface area contributed by atoms with Crippen LogP contribution in [0.3, 0.4) is 0 Å². The Morgan fingerprint density at radius 3 is 3.15 bits per heavy atom. The van der Waals surface area contributed by atoms with E-state index in [0.717, 1.165) is 44.8 Å². The van der Waals surface area contributed by atoms with E-state index in [1.54, 1.807) is 6.20 Å². The molecular formula is C14H19ClN4O. The van der Waals surface area contributed by atoms with Gasteiger partial charge in [0.1, 0.15) is 5.82 Å². The maximum atomic E-state index is 12.1. The fourth-order valence-corrected chi connectivity index (χ4v) is 3.12. The van der Waals surface area contributed by atoms with Crippen molar-refractivity contribution in [1.29, 1.82) is 0 Å². The third-order valence-electron chi connectivity index (χ3n) is 4.00. The zero-order chi connectivity index (χ0) is 13.9. The molecule has 6 heteroatoms. The molecule has 1 amide bonds. The van der Waals surface area contributed by atoms with Crippen LogP contribution in [-0.4, -0.2) is 43.1 Å². The number of carbonyl (C=O) groups is 1. The third kappa shape index (κ3) is 2.88. The second-order valence-corrected chi connectivity index (χ2v) is 5.85. The smallest absolute Gasteiger partial charge is 0.224 e. The Bertz CT molecular complexity index is 490. The molecule has 20 heavy (non-hydrogen) atoms. The van der Waals surface area contributed by atoms with Gasteiger partial charge in [-0.2, -0.15) is 0 Å². The maximum absolute atomic E-state index is 12.1. The normalized spacial score (nSPS) is 25.9. The Morgan fingerprint density at radius 1 is 1.50 bits per heavy atom. The van der Waals surface area contributed by atoms with Crippen LogP contribution in [0.1, 0.15) is 12.8 Å². The highest BCUT2D eigenvalue weighted by molar-refractivity contribution is 6.32. The first-order valence-electron chi connectivity index (χ1n) is 7.10. The van der Waals surface area contributed by atoms with E-state index >= 15 is 0 Å². The minimum atomic E-state index is 0.127. The van der Waals surface area contributed by atoms with Crippen LogP contribution in [0.15, 0.2) is 18.3 Å². The van der Waals surface area contributed by atoms with Crippen molar-refractivity contribution in [3.8, 4) is 0 Å². The van der Waals surface area contributed by atoms with Gasteiger partial charge in [0.05, 0.1) is 10.9 Å². The highest BCUT2D eigenvalue weighted by Crippen LogP contribution is 2.25. The minimum absolute atomic E-state index is 0.127. The van der Waals surface area contributed by atoms with Gasteiger partial charge in [0, 0.05) is 31.9 Å². The second kappa shape index (κ2) is 5.97. The standard InChI is InChI=1S/C14H19ClN4O/c15-12-2-1-5-17-13(12)19-7-4-11(9-19)18-14(20)10-3-6-16-8-10/h1-2,5,10-11,16H,3-4,6-9H2,(H,18,20). The van der Waals surface area contributed by atoms with Crippen LogP contribution >= 0.6 is 11.6 Å². The van der Waals surface area contributed by atoms with Crippen molar-refractivity contribution in [3.63, 3.8) is 0 Å². The molecule has 2 aliphatic heterocycles. The summed E-state index contributed by atoms with van der Waals surface area (Å²) in [6.07, 6.45) is 3.63. The molecule has 3 rings (SSSR count). The number of nitrogens with one attached hydrogen (secondary N) is 2. The highest BCUT2D eigenvalue weighted by atomic mass is 35.5. The summed E-state index contributed by atoms with van der Waals surface area (Å²) in [6, 6.07) is 3.87. The lowest BCUT2D eigenvalue weighted by atomic mass is 10.1. The molecule has 2 fully saturated rings. The van der Waals surface area contributed by atoms with Gasteiger partial charge in [0.25, 0.3) is 0 Å². The molecule has 0 spiro atoms. The van der Waals surface area contributed by atoms with Crippen molar-refractivity contribution < 1.29 is 4.79 Å². The first-order chi connectivity index (χ1) is 9.74. The number of halogens is 1. The lowest BCUT2D eigenvalue weighted by Gasteiger charge is -2.19.